The second-order valence-electron chi connectivity index (χ2n) is 6.51. The minimum absolute atomic E-state index is 0.0985. The summed E-state index contributed by atoms with van der Waals surface area (Å²) >= 11 is 1.67. The molecule has 1 saturated carbocycles. The summed E-state index contributed by atoms with van der Waals surface area (Å²) in [7, 11) is 0. The van der Waals surface area contributed by atoms with Crippen molar-refractivity contribution < 1.29 is 9.59 Å². The molecule has 0 bridgehead atoms. The van der Waals surface area contributed by atoms with Crippen molar-refractivity contribution in [2.45, 2.75) is 44.7 Å². The maximum absolute atomic E-state index is 12.3. The van der Waals surface area contributed by atoms with E-state index < -0.39 is 0 Å². The number of rotatable bonds is 6. The Labute approximate surface area is 141 Å². The van der Waals surface area contributed by atoms with Crippen molar-refractivity contribution in [2.24, 2.45) is 0 Å². The number of piperazine rings is 1. The van der Waals surface area contributed by atoms with Crippen LogP contribution in [0.3, 0.4) is 0 Å². The van der Waals surface area contributed by atoms with E-state index in [1.165, 1.54) is 5.56 Å². The first-order valence-corrected chi connectivity index (χ1v) is 9.41. The number of nitrogens with zero attached hydrogens (tertiary/aromatic N) is 2. The van der Waals surface area contributed by atoms with Crippen LogP contribution < -0.4 is 5.32 Å². The third kappa shape index (κ3) is 4.54. The third-order valence-electron chi connectivity index (χ3n) is 4.73. The van der Waals surface area contributed by atoms with Gasteiger partial charge in [-0.3, -0.25) is 14.5 Å². The predicted octanol–water partition coefficient (Wildman–Crippen LogP) is 1.49. The van der Waals surface area contributed by atoms with Crippen molar-refractivity contribution in [3.63, 3.8) is 0 Å². The van der Waals surface area contributed by atoms with Gasteiger partial charge in [-0.25, -0.2) is 0 Å². The van der Waals surface area contributed by atoms with Gasteiger partial charge in [-0.05, 0) is 48.6 Å². The monoisotopic (exact) mass is 335 g/mol. The average Bonchev–Trinajstić information content (AvgIpc) is 3.23. The number of carbonyl (C=O) groups is 2. The zero-order valence-electron chi connectivity index (χ0n) is 13.7. The highest BCUT2D eigenvalue weighted by Crippen LogP contribution is 2.19. The molecule has 0 spiro atoms. The van der Waals surface area contributed by atoms with Crippen LogP contribution in [-0.4, -0.2) is 59.9 Å². The fraction of sp³-hybridized carbons (Fsp3) is 0.647. The van der Waals surface area contributed by atoms with Crippen molar-refractivity contribution in [1.29, 1.82) is 0 Å². The van der Waals surface area contributed by atoms with Gasteiger partial charge >= 0.3 is 0 Å². The van der Waals surface area contributed by atoms with Crippen LogP contribution in [0.15, 0.2) is 16.8 Å². The van der Waals surface area contributed by atoms with Gasteiger partial charge in [0.1, 0.15) is 0 Å². The summed E-state index contributed by atoms with van der Waals surface area (Å²) < 4.78 is 0. The minimum atomic E-state index is -0.0985. The van der Waals surface area contributed by atoms with E-state index in [9.17, 15) is 9.59 Å². The zero-order chi connectivity index (χ0) is 16.2. The molecule has 1 aliphatic carbocycles. The number of nitrogens with one attached hydrogen (secondary N) is 1. The molecule has 0 radical (unpaired) electrons. The Bertz CT molecular complexity index is 534. The molecule has 23 heavy (non-hydrogen) atoms. The number of hydrogen-bond acceptors (Lipinski definition) is 4. The number of aryl methyl sites for hydroxylation is 1. The highest BCUT2D eigenvalue weighted by molar-refractivity contribution is 7.07. The molecule has 1 unspecified atom stereocenters. The second kappa shape index (κ2) is 7.45. The van der Waals surface area contributed by atoms with Gasteiger partial charge in [-0.15, -0.1) is 0 Å². The molecule has 1 atom stereocenters. The molecule has 5 nitrogen and oxygen atoms in total. The lowest BCUT2D eigenvalue weighted by molar-refractivity contribution is -0.134. The molecule has 1 saturated heterocycles. The molecule has 6 heteroatoms. The van der Waals surface area contributed by atoms with Crippen LogP contribution in [0.5, 0.6) is 0 Å². The maximum Gasteiger partial charge on any atom is 0.237 e. The van der Waals surface area contributed by atoms with Gasteiger partial charge in [0.25, 0.3) is 0 Å². The van der Waals surface area contributed by atoms with Crippen LogP contribution in [-0.2, 0) is 16.0 Å². The third-order valence-corrected chi connectivity index (χ3v) is 5.46. The van der Waals surface area contributed by atoms with Crippen molar-refractivity contribution in [3.8, 4) is 0 Å². The standard InChI is InChI=1S/C17H25N3O2S/c1-13(17(22)18-15-3-4-15)19-7-9-20(10-8-19)16(21)5-2-14-6-11-23-12-14/h6,11-13,15H,2-5,7-10H2,1H3,(H,18,22). The Morgan fingerprint density at radius 1 is 1.30 bits per heavy atom. The fourth-order valence-electron chi connectivity index (χ4n) is 2.92. The van der Waals surface area contributed by atoms with E-state index in [2.05, 4.69) is 21.7 Å². The van der Waals surface area contributed by atoms with E-state index in [0.717, 1.165) is 45.4 Å². The molecule has 0 aromatic carbocycles. The van der Waals surface area contributed by atoms with Gasteiger partial charge in [0.2, 0.25) is 11.8 Å². The van der Waals surface area contributed by atoms with E-state index in [4.69, 9.17) is 0 Å². The number of hydrogen-bond donors (Lipinski definition) is 1. The first kappa shape index (κ1) is 16.5. The summed E-state index contributed by atoms with van der Waals surface area (Å²) in [5.74, 6) is 0.357. The van der Waals surface area contributed by atoms with Crippen LogP contribution in [0.1, 0.15) is 31.7 Å². The first-order chi connectivity index (χ1) is 11.1. The van der Waals surface area contributed by atoms with Crippen molar-refractivity contribution in [3.05, 3.63) is 22.4 Å². The van der Waals surface area contributed by atoms with Gasteiger partial charge in [0.05, 0.1) is 6.04 Å². The quantitative estimate of drug-likeness (QED) is 0.857. The van der Waals surface area contributed by atoms with E-state index in [1.54, 1.807) is 11.3 Å². The molecule has 2 aliphatic rings. The van der Waals surface area contributed by atoms with Crippen molar-refractivity contribution in [2.75, 3.05) is 26.2 Å². The van der Waals surface area contributed by atoms with Gasteiger partial charge in [-0.1, -0.05) is 0 Å². The number of thiophene rings is 1. The molecule has 1 aliphatic heterocycles. The predicted molar refractivity (Wildman–Crippen MR) is 91.4 cm³/mol. The van der Waals surface area contributed by atoms with Crippen LogP contribution in [0.4, 0.5) is 0 Å². The SMILES string of the molecule is CC(C(=O)NC1CC1)N1CCN(C(=O)CCc2ccsc2)CC1. The van der Waals surface area contributed by atoms with Crippen LogP contribution in [0, 0.1) is 0 Å². The first-order valence-electron chi connectivity index (χ1n) is 8.47. The number of amides is 2. The molecule has 1 aromatic rings. The van der Waals surface area contributed by atoms with Crippen molar-refractivity contribution >= 4 is 23.2 Å². The minimum Gasteiger partial charge on any atom is -0.352 e. The highest BCUT2D eigenvalue weighted by atomic mass is 32.1. The van der Waals surface area contributed by atoms with Gasteiger partial charge in [-0.2, -0.15) is 11.3 Å². The largest absolute Gasteiger partial charge is 0.352 e. The molecule has 1 N–H and O–H groups in total. The average molecular weight is 335 g/mol. The molecule has 1 aromatic heterocycles. The van der Waals surface area contributed by atoms with Gasteiger partial charge in [0, 0.05) is 38.6 Å². The molecule has 2 heterocycles. The van der Waals surface area contributed by atoms with E-state index >= 15 is 0 Å². The van der Waals surface area contributed by atoms with Crippen LogP contribution in [0.25, 0.3) is 0 Å². The van der Waals surface area contributed by atoms with E-state index in [1.807, 2.05) is 17.2 Å². The Balaban J connectivity index is 1.40. The van der Waals surface area contributed by atoms with E-state index in [-0.39, 0.29) is 17.9 Å². The topological polar surface area (TPSA) is 52.7 Å². The lowest BCUT2D eigenvalue weighted by Crippen LogP contribution is -2.55. The normalized spacial score (nSPS) is 20.3. The zero-order valence-corrected chi connectivity index (χ0v) is 14.5. The smallest absolute Gasteiger partial charge is 0.237 e. The summed E-state index contributed by atoms with van der Waals surface area (Å²) in [5, 5.41) is 7.21. The summed E-state index contributed by atoms with van der Waals surface area (Å²) in [6, 6.07) is 2.39. The van der Waals surface area contributed by atoms with Crippen LogP contribution in [0.2, 0.25) is 0 Å². The molecule has 3 rings (SSSR count). The van der Waals surface area contributed by atoms with E-state index in [0.29, 0.717) is 12.5 Å². The highest BCUT2D eigenvalue weighted by Gasteiger charge is 2.30. The van der Waals surface area contributed by atoms with Crippen LogP contribution >= 0.6 is 11.3 Å². The molecule has 126 valence electrons. The molecule has 2 amide bonds. The molecular weight excluding hydrogens is 310 g/mol. The Kier molecular flexibility index (Phi) is 5.33. The maximum atomic E-state index is 12.3. The van der Waals surface area contributed by atoms with Crippen molar-refractivity contribution in [1.82, 2.24) is 15.1 Å². The second-order valence-corrected chi connectivity index (χ2v) is 7.29. The lowest BCUT2D eigenvalue weighted by Gasteiger charge is -2.37. The number of carbonyl (C=O) groups excluding carboxylic acids is 2. The fourth-order valence-corrected chi connectivity index (χ4v) is 3.62. The van der Waals surface area contributed by atoms with Gasteiger partial charge in [0.15, 0.2) is 0 Å². The summed E-state index contributed by atoms with van der Waals surface area (Å²) in [6.45, 7) is 4.98. The van der Waals surface area contributed by atoms with Gasteiger partial charge < -0.3 is 10.2 Å². The Hall–Kier alpha value is -1.40. The molecule has 2 fully saturated rings. The Morgan fingerprint density at radius 3 is 2.65 bits per heavy atom. The lowest BCUT2D eigenvalue weighted by atomic mass is 10.1. The Morgan fingerprint density at radius 2 is 2.04 bits per heavy atom. The summed E-state index contributed by atoms with van der Waals surface area (Å²) in [6.07, 6.45) is 3.63. The summed E-state index contributed by atoms with van der Waals surface area (Å²) in [4.78, 5) is 28.5. The summed E-state index contributed by atoms with van der Waals surface area (Å²) in [5.41, 5.74) is 1.24. The molecular formula is C17H25N3O2S.